The topological polar surface area (TPSA) is 0 Å². The van der Waals surface area contributed by atoms with Gasteiger partial charge in [0.1, 0.15) is 0 Å². The Kier molecular flexibility index (Phi) is 5.75. The monoisotopic (exact) mass is 356 g/mol. The number of alkyl halides is 1. The summed E-state index contributed by atoms with van der Waals surface area (Å²) in [6.45, 7) is 0. The molecule has 0 aliphatic heterocycles. The highest BCUT2D eigenvalue weighted by atomic mass is 79.9. The van der Waals surface area contributed by atoms with Crippen molar-refractivity contribution < 1.29 is 0 Å². The van der Waals surface area contributed by atoms with Gasteiger partial charge in [0.15, 0.2) is 0 Å². The van der Waals surface area contributed by atoms with E-state index in [0.29, 0.717) is 5.92 Å². The van der Waals surface area contributed by atoms with Crippen molar-refractivity contribution in [2.24, 2.45) is 5.92 Å². The van der Waals surface area contributed by atoms with Crippen molar-refractivity contribution >= 4 is 39.1 Å². The molecule has 100 valence electrons. The maximum atomic E-state index is 5.90. The van der Waals surface area contributed by atoms with Crippen LogP contribution in [0.5, 0.6) is 0 Å². The lowest BCUT2D eigenvalue weighted by Crippen LogP contribution is -2.09. The fourth-order valence-corrected chi connectivity index (χ4v) is 2.80. The van der Waals surface area contributed by atoms with Crippen LogP contribution in [0, 0.1) is 5.92 Å². The molecule has 0 radical (unpaired) electrons. The Morgan fingerprint density at radius 2 is 1.11 bits per heavy atom. The van der Waals surface area contributed by atoms with Crippen molar-refractivity contribution in [2.45, 2.75) is 12.8 Å². The Bertz CT molecular complexity index is 458. The lowest BCUT2D eigenvalue weighted by atomic mass is 9.94. The van der Waals surface area contributed by atoms with Crippen molar-refractivity contribution in [1.29, 1.82) is 0 Å². The summed E-state index contributed by atoms with van der Waals surface area (Å²) < 4.78 is 0. The van der Waals surface area contributed by atoms with E-state index in [1.807, 2.05) is 24.3 Å². The summed E-state index contributed by atoms with van der Waals surface area (Å²) in [5, 5.41) is 2.56. The molecule has 0 saturated heterocycles. The Morgan fingerprint density at radius 3 is 1.42 bits per heavy atom. The van der Waals surface area contributed by atoms with Crippen molar-refractivity contribution in [3.8, 4) is 0 Å². The van der Waals surface area contributed by atoms with Crippen LogP contribution in [0.3, 0.4) is 0 Å². The van der Waals surface area contributed by atoms with E-state index in [1.165, 1.54) is 11.1 Å². The zero-order chi connectivity index (χ0) is 13.7. The number of hydrogen-bond donors (Lipinski definition) is 0. The normalized spacial score (nSPS) is 10.9. The van der Waals surface area contributed by atoms with Gasteiger partial charge in [-0.15, -0.1) is 0 Å². The Hall–Kier alpha value is -0.500. The molecule has 0 aromatic heterocycles. The average Bonchev–Trinajstić information content (AvgIpc) is 2.43. The van der Waals surface area contributed by atoms with Gasteiger partial charge in [0.05, 0.1) is 0 Å². The zero-order valence-corrected chi connectivity index (χ0v) is 13.5. The number of halogens is 3. The van der Waals surface area contributed by atoms with Crippen LogP contribution in [0.4, 0.5) is 0 Å². The average molecular weight is 358 g/mol. The van der Waals surface area contributed by atoms with Gasteiger partial charge in [-0.25, -0.2) is 0 Å². The van der Waals surface area contributed by atoms with Crippen molar-refractivity contribution in [3.63, 3.8) is 0 Å². The second-order valence-electron chi connectivity index (χ2n) is 4.68. The Balaban J connectivity index is 2.00. The van der Waals surface area contributed by atoms with Gasteiger partial charge in [0.25, 0.3) is 0 Å². The Labute approximate surface area is 132 Å². The van der Waals surface area contributed by atoms with Crippen molar-refractivity contribution in [1.82, 2.24) is 0 Å². The van der Waals surface area contributed by atoms with Crippen LogP contribution >= 0.6 is 39.1 Å². The van der Waals surface area contributed by atoms with Crippen LogP contribution in [-0.2, 0) is 12.8 Å². The van der Waals surface area contributed by atoms with Gasteiger partial charge in [-0.05, 0) is 54.2 Å². The van der Waals surface area contributed by atoms with E-state index in [2.05, 4.69) is 40.2 Å². The number of hydrogen-bond acceptors (Lipinski definition) is 0. The first-order valence-corrected chi connectivity index (χ1v) is 8.10. The highest BCUT2D eigenvalue weighted by Gasteiger charge is 2.09. The summed E-state index contributed by atoms with van der Waals surface area (Å²) >= 11 is 15.4. The van der Waals surface area contributed by atoms with Crippen LogP contribution in [0.25, 0.3) is 0 Å². The maximum absolute atomic E-state index is 5.90. The predicted octanol–water partition coefficient (Wildman–Crippen LogP) is 5.79. The smallest absolute Gasteiger partial charge is 0.0406 e. The van der Waals surface area contributed by atoms with Gasteiger partial charge in [-0.1, -0.05) is 63.4 Å². The molecular formula is C16H15BrCl2. The highest BCUT2D eigenvalue weighted by Crippen LogP contribution is 2.19. The van der Waals surface area contributed by atoms with Gasteiger partial charge in [0, 0.05) is 15.4 Å². The molecule has 0 bridgehead atoms. The molecule has 0 unspecified atom stereocenters. The van der Waals surface area contributed by atoms with E-state index < -0.39 is 0 Å². The molecule has 0 aliphatic carbocycles. The molecule has 3 heteroatoms. The molecule has 0 amide bonds. The van der Waals surface area contributed by atoms with E-state index in [0.717, 1.165) is 28.2 Å². The van der Waals surface area contributed by atoms with Gasteiger partial charge in [-0.3, -0.25) is 0 Å². The molecule has 0 spiro atoms. The quantitative estimate of drug-likeness (QED) is 0.594. The maximum Gasteiger partial charge on any atom is 0.0406 e. The zero-order valence-electron chi connectivity index (χ0n) is 10.5. The standard InChI is InChI=1S/C16H15BrCl2/c17-11-14(9-12-1-5-15(18)6-2-12)10-13-3-7-16(19)8-4-13/h1-8,14H,9-11H2. The molecule has 19 heavy (non-hydrogen) atoms. The minimum absolute atomic E-state index is 0.572. The largest absolute Gasteiger partial charge is 0.0925 e. The van der Waals surface area contributed by atoms with Crippen LogP contribution in [-0.4, -0.2) is 5.33 Å². The van der Waals surface area contributed by atoms with Crippen molar-refractivity contribution in [3.05, 3.63) is 69.7 Å². The third kappa shape index (κ3) is 4.83. The highest BCUT2D eigenvalue weighted by molar-refractivity contribution is 9.09. The third-order valence-corrected chi connectivity index (χ3v) is 4.51. The SMILES string of the molecule is Clc1ccc(CC(CBr)Cc2ccc(Cl)cc2)cc1. The van der Waals surface area contributed by atoms with Gasteiger partial charge >= 0.3 is 0 Å². The lowest BCUT2D eigenvalue weighted by molar-refractivity contribution is 0.591. The molecule has 2 aromatic carbocycles. The fraction of sp³-hybridized carbons (Fsp3) is 0.250. The summed E-state index contributed by atoms with van der Waals surface area (Å²) in [5.41, 5.74) is 2.64. The summed E-state index contributed by atoms with van der Waals surface area (Å²) in [6, 6.07) is 16.2. The first-order valence-electron chi connectivity index (χ1n) is 6.22. The van der Waals surface area contributed by atoms with Crippen LogP contribution in [0.1, 0.15) is 11.1 Å². The summed E-state index contributed by atoms with van der Waals surface area (Å²) in [4.78, 5) is 0. The van der Waals surface area contributed by atoms with E-state index >= 15 is 0 Å². The van der Waals surface area contributed by atoms with E-state index in [4.69, 9.17) is 23.2 Å². The first-order chi connectivity index (χ1) is 9.17. The lowest BCUT2D eigenvalue weighted by Gasteiger charge is -2.14. The fourth-order valence-electron chi connectivity index (χ4n) is 2.09. The Morgan fingerprint density at radius 1 is 0.737 bits per heavy atom. The van der Waals surface area contributed by atoms with Crippen LogP contribution in [0.2, 0.25) is 10.0 Å². The minimum Gasteiger partial charge on any atom is -0.0925 e. The second kappa shape index (κ2) is 7.33. The predicted molar refractivity (Wildman–Crippen MR) is 87.6 cm³/mol. The minimum atomic E-state index is 0.572. The van der Waals surface area contributed by atoms with Crippen LogP contribution in [0.15, 0.2) is 48.5 Å². The molecule has 0 heterocycles. The van der Waals surface area contributed by atoms with E-state index in [1.54, 1.807) is 0 Å². The molecular weight excluding hydrogens is 343 g/mol. The number of rotatable bonds is 5. The molecule has 0 N–H and O–H groups in total. The molecule has 0 aliphatic rings. The summed E-state index contributed by atoms with van der Waals surface area (Å²) in [6.07, 6.45) is 2.09. The summed E-state index contributed by atoms with van der Waals surface area (Å²) in [7, 11) is 0. The first kappa shape index (κ1) is 14.9. The summed E-state index contributed by atoms with van der Waals surface area (Å²) in [5.74, 6) is 0.572. The van der Waals surface area contributed by atoms with Gasteiger partial charge < -0.3 is 0 Å². The number of benzene rings is 2. The molecule has 2 aromatic rings. The molecule has 0 nitrogen and oxygen atoms in total. The van der Waals surface area contributed by atoms with E-state index in [9.17, 15) is 0 Å². The van der Waals surface area contributed by atoms with Crippen LogP contribution < -0.4 is 0 Å². The third-order valence-electron chi connectivity index (χ3n) is 3.09. The van der Waals surface area contributed by atoms with Crippen molar-refractivity contribution in [2.75, 3.05) is 5.33 Å². The molecule has 0 saturated carbocycles. The van der Waals surface area contributed by atoms with Gasteiger partial charge in [0.2, 0.25) is 0 Å². The molecule has 0 atom stereocenters. The van der Waals surface area contributed by atoms with Gasteiger partial charge in [-0.2, -0.15) is 0 Å². The molecule has 2 rings (SSSR count). The molecule has 0 fully saturated rings. The van der Waals surface area contributed by atoms with E-state index in [-0.39, 0.29) is 0 Å². The second-order valence-corrected chi connectivity index (χ2v) is 6.20.